The molecule has 1 aliphatic rings. The van der Waals surface area contributed by atoms with Gasteiger partial charge in [-0.3, -0.25) is 0 Å². The van der Waals surface area contributed by atoms with Crippen LogP contribution in [0.25, 0.3) is 0 Å². The fourth-order valence-corrected chi connectivity index (χ4v) is 1.95. The first kappa shape index (κ1) is 8.76. The van der Waals surface area contributed by atoms with Crippen LogP contribution in [0.1, 0.15) is 30.9 Å². The maximum absolute atomic E-state index is 3.45. The number of hydrogen-bond donors (Lipinski definition) is 1. The summed E-state index contributed by atoms with van der Waals surface area (Å²) < 4.78 is 0. The van der Waals surface area contributed by atoms with Gasteiger partial charge in [0.05, 0.1) is 0 Å². The van der Waals surface area contributed by atoms with Crippen molar-refractivity contribution in [3.05, 3.63) is 35.4 Å². The van der Waals surface area contributed by atoms with E-state index in [0.717, 1.165) is 6.54 Å². The molecular formula is C12H17N. The predicted octanol–water partition coefficient (Wildman–Crippen LogP) is 2.46. The molecule has 0 spiro atoms. The molecule has 1 unspecified atom stereocenters. The molecule has 0 aliphatic carbocycles. The second-order valence-electron chi connectivity index (χ2n) is 4.57. The molecule has 0 amide bonds. The highest BCUT2D eigenvalue weighted by Gasteiger charge is 2.38. The molecule has 1 fully saturated rings. The molecule has 0 aromatic heterocycles. The van der Waals surface area contributed by atoms with Crippen LogP contribution in [0.2, 0.25) is 0 Å². The Kier molecular flexibility index (Phi) is 1.92. The Bertz CT molecular complexity index is 297. The molecule has 1 aliphatic heterocycles. The highest BCUT2D eigenvalue weighted by molar-refractivity contribution is 5.30. The van der Waals surface area contributed by atoms with E-state index in [-0.39, 0.29) is 5.54 Å². The van der Waals surface area contributed by atoms with Crippen molar-refractivity contribution in [2.45, 2.75) is 32.2 Å². The van der Waals surface area contributed by atoms with Crippen molar-refractivity contribution in [2.24, 2.45) is 0 Å². The van der Waals surface area contributed by atoms with Gasteiger partial charge in [0.15, 0.2) is 0 Å². The van der Waals surface area contributed by atoms with Crippen LogP contribution >= 0.6 is 0 Å². The monoisotopic (exact) mass is 175 g/mol. The summed E-state index contributed by atoms with van der Waals surface area (Å²) in [6.07, 6.45) is 0. The lowest BCUT2D eigenvalue weighted by Crippen LogP contribution is -2.59. The van der Waals surface area contributed by atoms with E-state index in [1.54, 1.807) is 0 Å². The molecular weight excluding hydrogens is 158 g/mol. The van der Waals surface area contributed by atoms with Crippen molar-refractivity contribution < 1.29 is 0 Å². The number of benzene rings is 1. The van der Waals surface area contributed by atoms with Crippen LogP contribution in [-0.2, 0) is 0 Å². The molecule has 0 saturated carbocycles. The highest BCUT2D eigenvalue weighted by Crippen LogP contribution is 2.34. The Morgan fingerprint density at radius 1 is 1.23 bits per heavy atom. The second kappa shape index (κ2) is 2.85. The molecule has 70 valence electrons. The van der Waals surface area contributed by atoms with Gasteiger partial charge in [0.25, 0.3) is 0 Å². The first-order valence-corrected chi connectivity index (χ1v) is 4.91. The number of nitrogens with one attached hydrogen (secondary N) is 1. The zero-order chi connectivity index (χ0) is 9.47. The molecule has 13 heavy (non-hydrogen) atoms. The van der Waals surface area contributed by atoms with Crippen molar-refractivity contribution in [3.8, 4) is 0 Å². The summed E-state index contributed by atoms with van der Waals surface area (Å²) in [5.41, 5.74) is 3.10. The minimum atomic E-state index is 0.287. The number of aryl methyl sites for hydroxylation is 1. The Morgan fingerprint density at radius 3 is 2.23 bits per heavy atom. The van der Waals surface area contributed by atoms with Crippen molar-refractivity contribution in [2.75, 3.05) is 6.54 Å². The fraction of sp³-hybridized carbons (Fsp3) is 0.500. The van der Waals surface area contributed by atoms with Gasteiger partial charge in [0.2, 0.25) is 0 Å². The summed E-state index contributed by atoms with van der Waals surface area (Å²) in [7, 11) is 0. The first-order valence-electron chi connectivity index (χ1n) is 4.91. The average molecular weight is 175 g/mol. The third kappa shape index (κ3) is 1.49. The van der Waals surface area contributed by atoms with Crippen LogP contribution in [0.3, 0.4) is 0 Å². The third-order valence-electron chi connectivity index (χ3n) is 3.11. The van der Waals surface area contributed by atoms with Gasteiger partial charge in [0, 0.05) is 18.0 Å². The molecule has 1 aromatic carbocycles. The average Bonchev–Trinajstić information content (AvgIpc) is 2.07. The highest BCUT2D eigenvalue weighted by atomic mass is 15.1. The Balaban J connectivity index is 2.22. The Morgan fingerprint density at radius 2 is 1.85 bits per heavy atom. The molecule has 0 radical (unpaired) electrons. The summed E-state index contributed by atoms with van der Waals surface area (Å²) in [6.45, 7) is 7.78. The van der Waals surface area contributed by atoms with E-state index in [1.165, 1.54) is 11.1 Å². The topological polar surface area (TPSA) is 12.0 Å². The summed E-state index contributed by atoms with van der Waals surface area (Å²) in [6, 6.07) is 8.90. The van der Waals surface area contributed by atoms with Crippen LogP contribution in [0.15, 0.2) is 24.3 Å². The van der Waals surface area contributed by atoms with Gasteiger partial charge < -0.3 is 5.32 Å². The predicted molar refractivity (Wildman–Crippen MR) is 56.0 cm³/mol. The summed E-state index contributed by atoms with van der Waals surface area (Å²) in [5, 5.41) is 3.45. The molecule has 1 nitrogen and oxygen atoms in total. The lowest BCUT2D eigenvalue weighted by atomic mass is 9.75. The van der Waals surface area contributed by atoms with Gasteiger partial charge in [-0.2, -0.15) is 0 Å². The number of hydrogen-bond acceptors (Lipinski definition) is 1. The van der Waals surface area contributed by atoms with E-state index in [1.807, 2.05) is 0 Å². The molecule has 2 rings (SSSR count). The van der Waals surface area contributed by atoms with E-state index >= 15 is 0 Å². The largest absolute Gasteiger partial charge is 0.310 e. The zero-order valence-electron chi connectivity index (χ0n) is 8.59. The molecule has 1 N–H and O–H groups in total. The lowest BCUT2D eigenvalue weighted by molar-refractivity contribution is 0.208. The molecule has 1 aromatic rings. The minimum Gasteiger partial charge on any atom is -0.310 e. The molecule has 1 heterocycles. The van der Waals surface area contributed by atoms with Gasteiger partial charge in [-0.15, -0.1) is 0 Å². The van der Waals surface area contributed by atoms with Gasteiger partial charge in [-0.05, 0) is 26.3 Å². The van der Waals surface area contributed by atoms with Crippen LogP contribution < -0.4 is 5.32 Å². The van der Waals surface area contributed by atoms with Crippen LogP contribution in [-0.4, -0.2) is 12.1 Å². The van der Waals surface area contributed by atoms with Crippen LogP contribution in [0.5, 0.6) is 0 Å². The lowest BCUT2D eigenvalue weighted by Gasteiger charge is -2.46. The van der Waals surface area contributed by atoms with E-state index < -0.39 is 0 Å². The fourth-order valence-electron chi connectivity index (χ4n) is 1.95. The van der Waals surface area contributed by atoms with Gasteiger partial charge in [-0.1, -0.05) is 29.8 Å². The number of rotatable bonds is 1. The second-order valence-corrected chi connectivity index (χ2v) is 4.57. The van der Waals surface area contributed by atoms with Crippen molar-refractivity contribution in [1.82, 2.24) is 5.32 Å². The maximum atomic E-state index is 3.45. The zero-order valence-corrected chi connectivity index (χ0v) is 8.59. The summed E-state index contributed by atoms with van der Waals surface area (Å²) in [4.78, 5) is 0. The van der Waals surface area contributed by atoms with Crippen molar-refractivity contribution >= 4 is 0 Å². The van der Waals surface area contributed by atoms with Gasteiger partial charge >= 0.3 is 0 Å². The van der Waals surface area contributed by atoms with E-state index in [0.29, 0.717) is 5.92 Å². The summed E-state index contributed by atoms with van der Waals surface area (Å²) in [5.74, 6) is 0.688. The maximum Gasteiger partial charge on any atom is 0.0206 e. The smallest absolute Gasteiger partial charge is 0.0206 e. The normalized spacial score (nSPS) is 25.3. The van der Waals surface area contributed by atoms with Crippen LogP contribution in [0.4, 0.5) is 0 Å². The summed E-state index contributed by atoms with van der Waals surface area (Å²) >= 11 is 0. The molecule has 1 heteroatoms. The molecule has 1 atom stereocenters. The van der Waals surface area contributed by atoms with Gasteiger partial charge in [0.1, 0.15) is 0 Å². The standard InChI is InChI=1S/C12H17N/c1-9-4-6-10(7-5-9)11-8-13-12(11,2)3/h4-7,11,13H,8H2,1-3H3. The SMILES string of the molecule is Cc1ccc(C2CNC2(C)C)cc1. The van der Waals surface area contributed by atoms with Crippen molar-refractivity contribution in [3.63, 3.8) is 0 Å². The Hall–Kier alpha value is -0.820. The third-order valence-corrected chi connectivity index (χ3v) is 3.11. The molecule has 0 bridgehead atoms. The van der Waals surface area contributed by atoms with E-state index in [2.05, 4.69) is 50.4 Å². The first-order chi connectivity index (χ1) is 6.09. The Labute approximate surface area is 80.2 Å². The van der Waals surface area contributed by atoms with E-state index in [9.17, 15) is 0 Å². The van der Waals surface area contributed by atoms with Gasteiger partial charge in [-0.25, -0.2) is 0 Å². The minimum absolute atomic E-state index is 0.287. The molecule has 1 saturated heterocycles. The van der Waals surface area contributed by atoms with Crippen LogP contribution in [0, 0.1) is 6.92 Å². The quantitative estimate of drug-likeness (QED) is 0.691. The van der Waals surface area contributed by atoms with Crippen molar-refractivity contribution in [1.29, 1.82) is 0 Å². The van der Waals surface area contributed by atoms with E-state index in [4.69, 9.17) is 0 Å².